The molecule has 1 aromatic carbocycles. The first kappa shape index (κ1) is 19.8. The lowest BCUT2D eigenvalue weighted by atomic mass is 9.75. The number of carbonyl (C=O) groups excluding carboxylic acids is 1. The van der Waals surface area contributed by atoms with E-state index in [1.807, 2.05) is 47.3 Å². The molecule has 2 N–H and O–H groups in total. The lowest BCUT2D eigenvalue weighted by molar-refractivity contribution is -0.945. The number of carbonyl (C=O) groups is 1. The van der Waals surface area contributed by atoms with E-state index < -0.39 is 0 Å². The van der Waals surface area contributed by atoms with Crippen LogP contribution >= 0.6 is 0 Å². The number of amides is 1. The van der Waals surface area contributed by atoms with E-state index in [-0.39, 0.29) is 11.8 Å². The van der Waals surface area contributed by atoms with Crippen molar-refractivity contribution in [2.24, 2.45) is 11.8 Å². The summed E-state index contributed by atoms with van der Waals surface area (Å²) in [6.45, 7) is 3.30. The van der Waals surface area contributed by atoms with Crippen molar-refractivity contribution in [2.45, 2.75) is 32.0 Å². The number of hydrogen-bond acceptors (Lipinski definition) is 5. The van der Waals surface area contributed by atoms with Gasteiger partial charge in [0.2, 0.25) is 5.91 Å². The Kier molecular flexibility index (Phi) is 5.46. The summed E-state index contributed by atoms with van der Waals surface area (Å²) >= 11 is 0. The van der Waals surface area contributed by atoms with Crippen molar-refractivity contribution < 1.29 is 18.8 Å². The SMILES string of the molecule is COc1ccc(-c2cn(C[C@H]3C[C@H]4CC[NH+]3C[C@@H]4C(=O)NCc3ccco3)nn2)cc1. The van der Waals surface area contributed by atoms with Crippen LogP contribution in [0.25, 0.3) is 11.3 Å². The largest absolute Gasteiger partial charge is 0.497 e. The summed E-state index contributed by atoms with van der Waals surface area (Å²) in [6.07, 6.45) is 5.80. The van der Waals surface area contributed by atoms with Gasteiger partial charge in [-0.05, 0) is 42.3 Å². The van der Waals surface area contributed by atoms with Gasteiger partial charge in [0, 0.05) is 18.4 Å². The number of piperidine rings is 3. The highest BCUT2D eigenvalue weighted by atomic mass is 16.5. The van der Waals surface area contributed by atoms with Gasteiger partial charge in [0.05, 0.1) is 51.7 Å². The summed E-state index contributed by atoms with van der Waals surface area (Å²) in [7, 11) is 1.66. The molecule has 3 aromatic rings. The number of rotatable bonds is 7. The summed E-state index contributed by atoms with van der Waals surface area (Å²) in [5.41, 5.74) is 1.89. The van der Waals surface area contributed by atoms with E-state index >= 15 is 0 Å². The number of fused-ring (bicyclic) bond motifs is 3. The highest BCUT2D eigenvalue weighted by Crippen LogP contribution is 2.28. The first-order valence-electron chi connectivity index (χ1n) is 10.9. The van der Waals surface area contributed by atoms with Crippen LogP contribution < -0.4 is 15.0 Å². The number of ether oxygens (including phenoxy) is 1. The van der Waals surface area contributed by atoms with E-state index in [2.05, 4.69) is 15.6 Å². The fourth-order valence-corrected chi connectivity index (χ4v) is 5.04. The van der Waals surface area contributed by atoms with E-state index in [1.165, 1.54) is 4.90 Å². The van der Waals surface area contributed by atoms with Gasteiger partial charge in [-0.25, -0.2) is 4.68 Å². The number of nitrogens with one attached hydrogen (secondary N) is 2. The zero-order valence-electron chi connectivity index (χ0n) is 17.7. The first-order chi connectivity index (χ1) is 15.2. The van der Waals surface area contributed by atoms with Gasteiger partial charge in [0.1, 0.15) is 23.2 Å². The molecular formula is C23H28N5O3+. The third kappa shape index (κ3) is 4.20. The number of quaternary nitrogens is 1. The predicted octanol–water partition coefficient (Wildman–Crippen LogP) is 1.16. The molecule has 0 aliphatic carbocycles. The van der Waals surface area contributed by atoms with Gasteiger partial charge in [0.15, 0.2) is 0 Å². The number of nitrogens with zero attached hydrogens (tertiary/aromatic N) is 3. The van der Waals surface area contributed by atoms with Crippen LogP contribution in [0, 0.1) is 11.8 Å². The molecular weight excluding hydrogens is 394 g/mol. The molecule has 8 heteroatoms. The Morgan fingerprint density at radius 1 is 1.32 bits per heavy atom. The van der Waals surface area contributed by atoms with Gasteiger partial charge in [-0.15, -0.1) is 5.10 Å². The van der Waals surface area contributed by atoms with Crippen molar-refractivity contribution in [3.8, 4) is 17.0 Å². The van der Waals surface area contributed by atoms with E-state index in [0.717, 1.165) is 55.2 Å². The lowest BCUT2D eigenvalue weighted by Gasteiger charge is -2.46. The summed E-state index contributed by atoms with van der Waals surface area (Å²) in [6, 6.07) is 12.1. The second-order valence-electron chi connectivity index (χ2n) is 8.55. The molecule has 2 bridgehead atoms. The van der Waals surface area contributed by atoms with E-state index in [9.17, 15) is 4.79 Å². The zero-order chi connectivity index (χ0) is 21.2. The molecule has 1 amide bonds. The molecule has 0 spiro atoms. The lowest BCUT2D eigenvalue weighted by Crippen LogP contribution is -3.20. The third-order valence-corrected chi connectivity index (χ3v) is 6.74. The molecule has 162 valence electrons. The van der Waals surface area contributed by atoms with Crippen molar-refractivity contribution in [1.82, 2.24) is 20.3 Å². The predicted molar refractivity (Wildman–Crippen MR) is 113 cm³/mol. The van der Waals surface area contributed by atoms with Gasteiger partial charge in [0.25, 0.3) is 0 Å². The van der Waals surface area contributed by atoms with Crippen LogP contribution in [0.3, 0.4) is 0 Å². The standard InChI is InChI=1S/C23H27N5O3/c1-30-19-6-4-16(5-7-19)22-15-28(26-25-22)13-18-11-17-8-9-27(18)14-21(17)23(29)24-12-20-3-2-10-31-20/h2-7,10,15,17-18,21H,8-9,11-14H2,1H3,(H,24,29)/p+1/t17-,18-,21+/m1/s1. The highest BCUT2D eigenvalue weighted by molar-refractivity contribution is 5.79. The number of benzene rings is 1. The summed E-state index contributed by atoms with van der Waals surface area (Å²) < 4.78 is 12.5. The normalized spacial score (nSPS) is 24.8. The van der Waals surface area contributed by atoms with E-state index in [4.69, 9.17) is 9.15 Å². The van der Waals surface area contributed by atoms with E-state index in [1.54, 1.807) is 13.4 Å². The molecule has 6 rings (SSSR count). The van der Waals surface area contributed by atoms with Crippen LogP contribution in [0.4, 0.5) is 0 Å². The van der Waals surface area contributed by atoms with Gasteiger partial charge in [-0.2, -0.15) is 0 Å². The van der Waals surface area contributed by atoms with Crippen molar-refractivity contribution in [3.05, 3.63) is 54.6 Å². The molecule has 0 saturated carbocycles. The number of aromatic nitrogens is 3. The number of hydrogen-bond donors (Lipinski definition) is 2. The topological polar surface area (TPSA) is 86.6 Å². The molecule has 0 radical (unpaired) electrons. The zero-order valence-corrected chi connectivity index (χ0v) is 17.7. The van der Waals surface area contributed by atoms with Crippen LogP contribution in [-0.4, -0.2) is 47.1 Å². The first-order valence-corrected chi connectivity index (χ1v) is 10.9. The van der Waals surface area contributed by atoms with Gasteiger partial charge >= 0.3 is 0 Å². The van der Waals surface area contributed by atoms with Crippen LogP contribution in [0.15, 0.2) is 53.3 Å². The summed E-state index contributed by atoms with van der Waals surface area (Å²) in [4.78, 5) is 14.3. The maximum atomic E-state index is 12.8. The minimum atomic E-state index is 0.0839. The highest BCUT2D eigenvalue weighted by Gasteiger charge is 2.46. The quantitative estimate of drug-likeness (QED) is 0.597. The fourth-order valence-electron chi connectivity index (χ4n) is 5.04. The molecule has 1 unspecified atom stereocenters. The third-order valence-electron chi connectivity index (χ3n) is 6.74. The van der Waals surface area contributed by atoms with Crippen LogP contribution in [0.2, 0.25) is 0 Å². The maximum Gasteiger partial charge on any atom is 0.229 e. The Bertz CT molecular complexity index is 1010. The van der Waals surface area contributed by atoms with Crippen LogP contribution in [0.5, 0.6) is 5.75 Å². The Morgan fingerprint density at radius 2 is 2.19 bits per heavy atom. The average molecular weight is 423 g/mol. The summed E-state index contributed by atoms with van der Waals surface area (Å²) in [5.74, 6) is 2.29. The molecule has 8 nitrogen and oxygen atoms in total. The Labute approximate surface area is 181 Å². The second-order valence-corrected chi connectivity index (χ2v) is 8.55. The molecule has 31 heavy (non-hydrogen) atoms. The van der Waals surface area contributed by atoms with E-state index in [0.29, 0.717) is 18.5 Å². The molecule has 3 aliphatic heterocycles. The monoisotopic (exact) mass is 422 g/mol. The van der Waals surface area contributed by atoms with Crippen molar-refractivity contribution in [3.63, 3.8) is 0 Å². The van der Waals surface area contributed by atoms with Gasteiger partial charge < -0.3 is 19.4 Å². The molecule has 3 saturated heterocycles. The van der Waals surface area contributed by atoms with Crippen LogP contribution in [-0.2, 0) is 17.9 Å². The van der Waals surface area contributed by atoms with Crippen molar-refractivity contribution in [2.75, 3.05) is 20.2 Å². The van der Waals surface area contributed by atoms with Gasteiger partial charge in [-0.1, -0.05) is 5.21 Å². The Hall–Kier alpha value is -3.13. The average Bonchev–Trinajstić information content (AvgIpc) is 3.50. The number of methoxy groups -OCH3 is 1. The minimum Gasteiger partial charge on any atom is -0.497 e. The van der Waals surface area contributed by atoms with Crippen molar-refractivity contribution in [1.29, 1.82) is 0 Å². The number of furan rings is 1. The summed E-state index contributed by atoms with van der Waals surface area (Å²) in [5, 5.41) is 11.8. The fraction of sp³-hybridized carbons (Fsp3) is 0.435. The molecule has 4 atom stereocenters. The Balaban J connectivity index is 1.19. The smallest absolute Gasteiger partial charge is 0.229 e. The minimum absolute atomic E-state index is 0.0839. The molecule has 3 aliphatic rings. The van der Waals surface area contributed by atoms with Crippen molar-refractivity contribution >= 4 is 5.91 Å². The molecule has 2 aromatic heterocycles. The molecule has 5 heterocycles. The van der Waals surface area contributed by atoms with Gasteiger partial charge in [-0.3, -0.25) is 4.79 Å². The Morgan fingerprint density at radius 3 is 2.90 bits per heavy atom. The maximum absolute atomic E-state index is 12.8. The second kappa shape index (κ2) is 8.55. The van der Waals surface area contributed by atoms with Crippen LogP contribution in [0.1, 0.15) is 18.6 Å². The molecule has 3 fully saturated rings.